The number of hydrogen-bond acceptors (Lipinski definition) is 6. The van der Waals surface area contributed by atoms with Crippen LogP contribution in [0, 0.1) is 5.92 Å². The lowest BCUT2D eigenvalue weighted by molar-refractivity contribution is -0.938. The summed E-state index contributed by atoms with van der Waals surface area (Å²) in [7, 11) is 0. The number of carbonyl (C=O) groups excluding carboxylic acids is 3. The number of carboxylic acid groups (broad SMARTS) is 1. The van der Waals surface area contributed by atoms with Crippen molar-refractivity contribution >= 4 is 29.2 Å². The van der Waals surface area contributed by atoms with E-state index in [1.54, 1.807) is 0 Å². The van der Waals surface area contributed by atoms with E-state index in [-0.39, 0.29) is 18.0 Å². The Kier molecular flexibility index (Phi) is 9.84. The lowest BCUT2D eigenvalue weighted by Gasteiger charge is -2.51. The normalized spacial score (nSPS) is 21.7. The molecule has 6 rings (SSSR count). The number of rotatable bonds is 8. The van der Waals surface area contributed by atoms with Gasteiger partial charge in [0.05, 0.1) is 13.1 Å². The number of esters is 1. The molecule has 0 aromatic heterocycles. The zero-order valence-corrected chi connectivity index (χ0v) is 22.8. The molecule has 0 unspecified atom stereocenters. The molecule has 3 fully saturated rings. The largest absolute Gasteiger partial charge is 0.542 e. The molecule has 3 aromatic carbocycles. The maximum absolute atomic E-state index is 13.5. The monoisotopic (exact) mass is 583 g/mol. The number of amides is 1. The summed E-state index contributed by atoms with van der Waals surface area (Å²) in [5, 5.41) is 15.2. The van der Waals surface area contributed by atoms with Gasteiger partial charge in [0.2, 0.25) is 0 Å². The summed E-state index contributed by atoms with van der Waals surface area (Å²) in [5.41, 5.74) is 2.55. The van der Waals surface area contributed by atoms with Crippen molar-refractivity contribution in [1.29, 1.82) is 0 Å². The van der Waals surface area contributed by atoms with Crippen LogP contribution in [0.3, 0.4) is 0 Å². The minimum Gasteiger partial charge on any atom is -0.542 e. The fraction of sp³-hybridized carbons (Fsp3) is 0.323. The van der Waals surface area contributed by atoms with Crippen molar-refractivity contribution < 1.29 is 41.9 Å². The Bertz CT molecular complexity index is 1330. The van der Waals surface area contributed by atoms with E-state index in [4.69, 9.17) is 14.6 Å². The van der Waals surface area contributed by atoms with E-state index >= 15 is 0 Å². The van der Waals surface area contributed by atoms with Gasteiger partial charge in [-0.25, -0.2) is 4.79 Å². The highest BCUT2D eigenvalue weighted by molar-refractivity contribution is 5.91. The Morgan fingerprint density at radius 1 is 0.857 bits per heavy atom. The molecule has 3 aromatic rings. The zero-order valence-electron chi connectivity index (χ0n) is 22.8. The lowest BCUT2D eigenvalue weighted by Crippen LogP contribution is -2.66. The van der Waals surface area contributed by atoms with Gasteiger partial charge in [0.1, 0.15) is 12.5 Å². The van der Waals surface area contributed by atoms with Crippen molar-refractivity contribution in [3.8, 4) is 0 Å². The molecule has 3 aliphatic heterocycles. The summed E-state index contributed by atoms with van der Waals surface area (Å²) in [6.07, 6.45) is -3.43. The first kappa shape index (κ1) is 30.6. The SMILES string of the molecule is O=C(C[N+]12CCC(CC1)[C@@H](OC(=O)[C@H](Nc1ccccc1)c1ccccc1)C2)Nc1ccccc1.O=C([O-])C(F)(F)F. The van der Waals surface area contributed by atoms with Gasteiger partial charge in [-0.3, -0.25) is 4.79 Å². The summed E-state index contributed by atoms with van der Waals surface area (Å²) in [6, 6.07) is 28.4. The molecule has 42 heavy (non-hydrogen) atoms. The van der Waals surface area contributed by atoms with Crippen molar-refractivity contribution in [3.05, 3.63) is 96.6 Å². The number of hydrogen-bond donors (Lipinski definition) is 2. The van der Waals surface area contributed by atoms with Crippen LogP contribution in [0.2, 0.25) is 0 Å². The van der Waals surface area contributed by atoms with Crippen molar-refractivity contribution in [2.45, 2.75) is 31.2 Å². The van der Waals surface area contributed by atoms with Gasteiger partial charge >= 0.3 is 12.1 Å². The molecule has 2 N–H and O–H groups in total. The van der Waals surface area contributed by atoms with Crippen molar-refractivity contribution in [1.82, 2.24) is 0 Å². The van der Waals surface area contributed by atoms with Crippen molar-refractivity contribution in [2.24, 2.45) is 5.92 Å². The highest BCUT2D eigenvalue weighted by Crippen LogP contribution is 2.36. The molecule has 0 saturated carbocycles. The van der Waals surface area contributed by atoms with Crippen LogP contribution in [-0.2, 0) is 19.1 Å². The number of quaternary nitrogens is 1. The summed E-state index contributed by atoms with van der Waals surface area (Å²) >= 11 is 0. The van der Waals surface area contributed by atoms with Crippen molar-refractivity contribution in [3.63, 3.8) is 0 Å². The second-order valence-electron chi connectivity index (χ2n) is 10.5. The number of carbonyl (C=O) groups is 3. The number of alkyl halides is 3. The van der Waals surface area contributed by atoms with Gasteiger partial charge in [0.25, 0.3) is 5.91 Å². The quantitative estimate of drug-likeness (QED) is 0.308. The highest BCUT2D eigenvalue weighted by atomic mass is 19.4. The summed E-state index contributed by atoms with van der Waals surface area (Å²) in [4.78, 5) is 35.1. The molecule has 8 nitrogen and oxygen atoms in total. The number of piperidine rings is 3. The number of para-hydroxylation sites is 2. The molecular weight excluding hydrogens is 551 g/mol. The van der Waals surface area contributed by atoms with Crippen LogP contribution < -0.4 is 15.7 Å². The summed E-state index contributed by atoms with van der Waals surface area (Å²) < 4.78 is 38.4. The first-order valence-electron chi connectivity index (χ1n) is 13.6. The summed E-state index contributed by atoms with van der Waals surface area (Å²) in [5.74, 6) is -2.92. The number of nitrogens with zero attached hydrogens (tertiary/aromatic N) is 1. The average molecular weight is 584 g/mol. The molecule has 0 spiro atoms. The second kappa shape index (κ2) is 13.5. The van der Waals surface area contributed by atoms with Crippen LogP contribution in [0.15, 0.2) is 91.0 Å². The Morgan fingerprint density at radius 3 is 1.88 bits per heavy atom. The van der Waals surface area contributed by atoms with E-state index in [0.717, 1.165) is 42.9 Å². The molecular formula is C31H32F3N3O5. The number of aliphatic carboxylic acids is 1. The number of halogens is 3. The third-order valence-corrected chi connectivity index (χ3v) is 7.53. The molecule has 2 bridgehead atoms. The van der Waals surface area contributed by atoms with Crippen LogP contribution in [0.4, 0.5) is 24.5 Å². The maximum Gasteiger partial charge on any atom is 0.430 e. The number of anilines is 2. The van der Waals surface area contributed by atoms with E-state index < -0.39 is 18.2 Å². The number of carboxylic acids is 1. The van der Waals surface area contributed by atoms with E-state index in [1.807, 2.05) is 91.0 Å². The average Bonchev–Trinajstić information content (AvgIpc) is 2.97. The number of benzene rings is 3. The zero-order chi connectivity index (χ0) is 30.2. The van der Waals surface area contributed by atoms with Gasteiger partial charge in [-0.1, -0.05) is 66.7 Å². The van der Waals surface area contributed by atoms with E-state index in [2.05, 4.69) is 10.6 Å². The molecule has 11 heteroatoms. The predicted octanol–water partition coefficient (Wildman–Crippen LogP) is 3.93. The summed E-state index contributed by atoms with van der Waals surface area (Å²) in [6.45, 7) is 2.99. The molecule has 3 heterocycles. The fourth-order valence-electron chi connectivity index (χ4n) is 5.45. The van der Waals surface area contributed by atoms with Crippen LogP contribution in [-0.4, -0.2) is 60.8 Å². The first-order chi connectivity index (χ1) is 20.0. The van der Waals surface area contributed by atoms with Gasteiger partial charge in [0, 0.05) is 30.1 Å². The highest BCUT2D eigenvalue weighted by Gasteiger charge is 2.49. The Labute approximate surface area is 241 Å². The third kappa shape index (κ3) is 8.32. The maximum atomic E-state index is 13.5. The lowest BCUT2D eigenvalue weighted by atomic mass is 9.83. The molecule has 2 atom stereocenters. The minimum absolute atomic E-state index is 0.00883. The van der Waals surface area contributed by atoms with Crippen LogP contribution >= 0.6 is 0 Å². The first-order valence-corrected chi connectivity index (χ1v) is 13.6. The van der Waals surface area contributed by atoms with Gasteiger partial charge in [-0.05, 0) is 29.8 Å². The van der Waals surface area contributed by atoms with E-state index in [0.29, 0.717) is 23.5 Å². The topological polar surface area (TPSA) is 108 Å². The van der Waals surface area contributed by atoms with Crippen molar-refractivity contribution in [2.75, 3.05) is 36.8 Å². The van der Waals surface area contributed by atoms with Crippen LogP contribution in [0.5, 0.6) is 0 Å². The molecule has 1 amide bonds. The minimum atomic E-state index is -5.19. The molecule has 0 radical (unpaired) electrons. The standard InChI is InChI=1S/C29H31N3O3.C2HF3O2/c33-27(30-24-12-6-2-7-13-24)21-32-18-16-22(17-19-32)26(20-32)35-29(34)28(23-10-4-1-5-11-23)31-25-14-8-3-9-15-25;3-2(4,5)1(6)7/h1-15,22,26,28,31H,16-21H2;(H,6,7)/t22?,26-,28+,32?;/m0./s1. The van der Waals surface area contributed by atoms with Gasteiger partial charge in [-0.2, -0.15) is 13.2 Å². The Morgan fingerprint density at radius 2 is 1.36 bits per heavy atom. The molecule has 3 saturated heterocycles. The van der Waals surface area contributed by atoms with E-state index in [1.165, 1.54) is 0 Å². The van der Waals surface area contributed by atoms with Gasteiger partial charge in [0.15, 0.2) is 18.7 Å². The molecule has 3 aliphatic rings. The van der Waals surface area contributed by atoms with Crippen LogP contribution in [0.1, 0.15) is 24.4 Å². The van der Waals surface area contributed by atoms with Crippen LogP contribution in [0.25, 0.3) is 0 Å². The van der Waals surface area contributed by atoms with Gasteiger partial charge < -0.3 is 29.8 Å². The Balaban J connectivity index is 0.000000517. The number of ether oxygens (including phenoxy) is 1. The second-order valence-corrected chi connectivity index (χ2v) is 10.5. The molecule has 222 valence electrons. The number of nitrogens with one attached hydrogen (secondary N) is 2. The third-order valence-electron chi connectivity index (χ3n) is 7.53. The molecule has 0 aliphatic carbocycles. The number of fused-ring (bicyclic) bond motifs is 3. The fourth-order valence-corrected chi connectivity index (χ4v) is 5.45. The Hall–Kier alpha value is -4.38. The smallest absolute Gasteiger partial charge is 0.430 e. The van der Waals surface area contributed by atoms with Gasteiger partial charge in [-0.15, -0.1) is 0 Å². The predicted molar refractivity (Wildman–Crippen MR) is 148 cm³/mol. The van der Waals surface area contributed by atoms with E-state index in [9.17, 15) is 22.8 Å².